The van der Waals surface area contributed by atoms with E-state index < -0.39 is 16.1 Å². The zero-order valence-corrected chi connectivity index (χ0v) is 15.3. The van der Waals surface area contributed by atoms with Gasteiger partial charge in [-0.05, 0) is 38.1 Å². The molecule has 0 bridgehead atoms. The summed E-state index contributed by atoms with van der Waals surface area (Å²) in [4.78, 5) is 0.0126. The van der Waals surface area contributed by atoms with Gasteiger partial charge in [0.1, 0.15) is 16.4 Å². The number of para-hydroxylation sites is 1. The summed E-state index contributed by atoms with van der Waals surface area (Å²) >= 11 is 5.96. The Kier molecular flexibility index (Phi) is 6.10. The van der Waals surface area contributed by atoms with Crippen LogP contribution in [0, 0.1) is 0 Å². The molecule has 0 aliphatic rings. The van der Waals surface area contributed by atoms with Crippen LogP contribution in [0.5, 0.6) is 11.5 Å². The minimum absolute atomic E-state index is 0.0126. The van der Waals surface area contributed by atoms with E-state index in [1.165, 1.54) is 6.07 Å². The van der Waals surface area contributed by atoms with Crippen molar-refractivity contribution < 1.29 is 17.9 Å². The molecule has 1 atom stereocenters. The second kappa shape index (κ2) is 7.88. The second-order valence-electron chi connectivity index (χ2n) is 5.11. The molecule has 0 aliphatic carbocycles. The highest BCUT2D eigenvalue weighted by Crippen LogP contribution is 2.30. The van der Waals surface area contributed by atoms with Gasteiger partial charge in [-0.25, -0.2) is 13.1 Å². The number of hydrogen-bond donors (Lipinski definition) is 1. The fourth-order valence-corrected chi connectivity index (χ4v) is 3.98. The number of rotatable bonds is 7. The van der Waals surface area contributed by atoms with Gasteiger partial charge in [-0.15, -0.1) is 0 Å². The Hall–Kier alpha value is -1.76. The van der Waals surface area contributed by atoms with Crippen molar-refractivity contribution >= 4 is 21.6 Å². The minimum Gasteiger partial charge on any atom is -0.496 e. The smallest absolute Gasteiger partial charge is 0.244 e. The number of sulfonamides is 1. The lowest BCUT2D eigenvalue weighted by molar-refractivity contribution is 0.331. The van der Waals surface area contributed by atoms with Gasteiger partial charge < -0.3 is 9.47 Å². The van der Waals surface area contributed by atoms with Gasteiger partial charge >= 0.3 is 0 Å². The van der Waals surface area contributed by atoms with Crippen molar-refractivity contribution in [2.24, 2.45) is 0 Å². The molecule has 0 spiro atoms. The number of ether oxygens (including phenoxy) is 2. The van der Waals surface area contributed by atoms with Gasteiger partial charge in [0.25, 0.3) is 0 Å². The van der Waals surface area contributed by atoms with Gasteiger partial charge in [-0.1, -0.05) is 29.8 Å². The van der Waals surface area contributed by atoms with Crippen LogP contribution in [0.4, 0.5) is 0 Å². The first-order chi connectivity index (χ1) is 11.4. The molecule has 1 N–H and O–H groups in total. The van der Waals surface area contributed by atoms with Gasteiger partial charge in [0.2, 0.25) is 10.0 Å². The van der Waals surface area contributed by atoms with Crippen LogP contribution in [-0.4, -0.2) is 22.1 Å². The van der Waals surface area contributed by atoms with Crippen molar-refractivity contribution in [3.8, 4) is 11.5 Å². The quantitative estimate of drug-likeness (QED) is 0.806. The van der Waals surface area contributed by atoms with Crippen LogP contribution < -0.4 is 14.2 Å². The lowest BCUT2D eigenvalue weighted by atomic mass is 10.1. The molecule has 0 aromatic heterocycles. The third-order valence-electron chi connectivity index (χ3n) is 3.43. The van der Waals surface area contributed by atoms with Crippen LogP contribution in [-0.2, 0) is 10.0 Å². The van der Waals surface area contributed by atoms with Crippen LogP contribution >= 0.6 is 11.6 Å². The van der Waals surface area contributed by atoms with Crippen LogP contribution in [0.25, 0.3) is 0 Å². The molecule has 130 valence electrons. The Balaban J connectivity index is 2.36. The van der Waals surface area contributed by atoms with E-state index in [1.807, 2.05) is 18.2 Å². The summed E-state index contributed by atoms with van der Waals surface area (Å²) in [6, 6.07) is 11.3. The Morgan fingerprint density at radius 3 is 2.54 bits per heavy atom. The summed E-state index contributed by atoms with van der Waals surface area (Å²) in [5, 5.41) is 0.323. The van der Waals surface area contributed by atoms with Crippen LogP contribution in [0.15, 0.2) is 47.4 Å². The van der Waals surface area contributed by atoms with E-state index in [1.54, 1.807) is 39.2 Å². The molecule has 5 nitrogen and oxygen atoms in total. The topological polar surface area (TPSA) is 64.6 Å². The Morgan fingerprint density at radius 2 is 1.88 bits per heavy atom. The van der Waals surface area contributed by atoms with E-state index in [-0.39, 0.29) is 10.6 Å². The maximum absolute atomic E-state index is 12.8. The van der Waals surface area contributed by atoms with E-state index in [2.05, 4.69) is 4.72 Å². The summed E-state index contributed by atoms with van der Waals surface area (Å²) in [7, 11) is -2.28. The van der Waals surface area contributed by atoms with Crippen molar-refractivity contribution in [2.75, 3.05) is 13.7 Å². The molecule has 7 heteroatoms. The van der Waals surface area contributed by atoms with Crippen LogP contribution in [0.1, 0.15) is 25.5 Å². The van der Waals surface area contributed by atoms with Crippen molar-refractivity contribution in [1.29, 1.82) is 0 Å². The van der Waals surface area contributed by atoms with Gasteiger partial charge in [-0.3, -0.25) is 0 Å². The third kappa shape index (κ3) is 4.20. The highest BCUT2D eigenvalue weighted by Gasteiger charge is 2.24. The maximum atomic E-state index is 12.8. The number of methoxy groups -OCH3 is 1. The molecule has 2 rings (SSSR count). The zero-order valence-electron chi connectivity index (χ0n) is 13.7. The number of nitrogens with one attached hydrogen (secondary N) is 1. The van der Waals surface area contributed by atoms with Gasteiger partial charge in [0, 0.05) is 16.6 Å². The van der Waals surface area contributed by atoms with Crippen LogP contribution in [0.2, 0.25) is 5.02 Å². The summed E-state index contributed by atoms with van der Waals surface area (Å²) < 4.78 is 38.9. The van der Waals surface area contributed by atoms with Gasteiger partial charge in [-0.2, -0.15) is 0 Å². The van der Waals surface area contributed by atoms with E-state index in [4.69, 9.17) is 21.1 Å². The average molecular weight is 370 g/mol. The van der Waals surface area contributed by atoms with E-state index >= 15 is 0 Å². The molecule has 0 radical (unpaired) electrons. The molecule has 0 amide bonds. The highest BCUT2D eigenvalue weighted by molar-refractivity contribution is 7.89. The summed E-state index contributed by atoms with van der Waals surface area (Å²) in [6.07, 6.45) is 0. The van der Waals surface area contributed by atoms with Crippen molar-refractivity contribution in [3.05, 3.63) is 53.1 Å². The Morgan fingerprint density at radius 1 is 1.17 bits per heavy atom. The summed E-state index contributed by atoms with van der Waals surface area (Å²) in [5.74, 6) is 0.880. The van der Waals surface area contributed by atoms with Crippen LogP contribution in [0.3, 0.4) is 0 Å². The Bertz CT molecular complexity index is 808. The fourth-order valence-electron chi connectivity index (χ4n) is 2.35. The SMILES string of the molecule is CCOc1ccc(Cl)cc1S(=O)(=O)N[C@H](C)c1ccccc1OC. The highest BCUT2D eigenvalue weighted by atomic mass is 35.5. The van der Waals surface area contributed by atoms with E-state index in [0.29, 0.717) is 17.4 Å². The first-order valence-electron chi connectivity index (χ1n) is 7.46. The third-order valence-corrected chi connectivity index (χ3v) is 5.23. The number of hydrogen-bond acceptors (Lipinski definition) is 4. The van der Waals surface area contributed by atoms with Gasteiger partial charge in [0.05, 0.1) is 13.7 Å². The van der Waals surface area contributed by atoms with E-state index in [0.717, 1.165) is 5.56 Å². The monoisotopic (exact) mass is 369 g/mol. The minimum atomic E-state index is -3.82. The molecule has 2 aromatic rings. The molecule has 0 saturated carbocycles. The van der Waals surface area contributed by atoms with Crippen molar-refractivity contribution in [1.82, 2.24) is 4.72 Å². The first kappa shape index (κ1) is 18.6. The molecule has 0 saturated heterocycles. The summed E-state index contributed by atoms with van der Waals surface area (Å²) in [6.45, 7) is 3.89. The number of halogens is 1. The molecule has 0 heterocycles. The molecule has 2 aromatic carbocycles. The number of benzene rings is 2. The lowest BCUT2D eigenvalue weighted by Gasteiger charge is -2.18. The maximum Gasteiger partial charge on any atom is 0.244 e. The fraction of sp³-hybridized carbons (Fsp3) is 0.294. The zero-order chi connectivity index (χ0) is 17.7. The van der Waals surface area contributed by atoms with Crippen molar-refractivity contribution in [3.63, 3.8) is 0 Å². The molecular weight excluding hydrogens is 350 g/mol. The molecular formula is C17H20ClNO4S. The largest absolute Gasteiger partial charge is 0.496 e. The predicted octanol–water partition coefficient (Wildman–Crippen LogP) is 3.79. The normalized spacial score (nSPS) is 12.7. The molecule has 0 aliphatic heterocycles. The Labute approximate surface area is 147 Å². The predicted molar refractivity (Wildman–Crippen MR) is 94.4 cm³/mol. The second-order valence-corrected chi connectivity index (χ2v) is 7.23. The van der Waals surface area contributed by atoms with Crippen molar-refractivity contribution in [2.45, 2.75) is 24.8 Å². The summed E-state index contributed by atoms with van der Waals surface area (Å²) in [5.41, 5.74) is 0.739. The van der Waals surface area contributed by atoms with Gasteiger partial charge in [0.15, 0.2) is 0 Å². The molecule has 0 fully saturated rings. The lowest BCUT2D eigenvalue weighted by Crippen LogP contribution is -2.27. The first-order valence-corrected chi connectivity index (χ1v) is 9.32. The molecule has 24 heavy (non-hydrogen) atoms. The average Bonchev–Trinajstić information content (AvgIpc) is 2.56. The standard InChI is InChI=1S/C17H20ClNO4S/c1-4-23-16-10-9-13(18)11-17(16)24(20,21)19-12(2)14-7-5-6-8-15(14)22-3/h5-12,19H,4H2,1-3H3/t12-/m1/s1. The molecule has 0 unspecified atom stereocenters. The van der Waals surface area contributed by atoms with E-state index in [9.17, 15) is 8.42 Å².